The number of carbonyl (C=O) groups is 1. The van der Waals surface area contributed by atoms with Crippen molar-refractivity contribution in [1.29, 1.82) is 0 Å². The maximum absolute atomic E-state index is 12.0. The third-order valence-electron chi connectivity index (χ3n) is 3.24. The summed E-state index contributed by atoms with van der Waals surface area (Å²) in [7, 11) is 0. The fourth-order valence-electron chi connectivity index (χ4n) is 2.01. The normalized spacial score (nSPS) is 10.7. The Morgan fingerprint density at radius 1 is 1.16 bits per heavy atom. The van der Waals surface area contributed by atoms with E-state index in [0.717, 1.165) is 11.3 Å². The second kappa shape index (κ2) is 7.45. The molecule has 1 amide bonds. The van der Waals surface area contributed by atoms with Gasteiger partial charge < -0.3 is 0 Å². The summed E-state index contributed by atoms with van der Waals surface area (Å²) in [4.78, 5) is 30.4. The highest BCUT2D eigenvalue weighted by Gasteiger charge is 2.06. The Bertz CT molecular complexity index is 921. The number of thiazole rings is 1. The topological polar surface area (TPSA) is 98.0 Å². The van der Waals surface area contributed by atoms with E-state index in [1.807, 2.05) is 17.5 Å². The largest absolute Gasteiger partial charge is 0.298 e. The first-order chi connectivity index (χ1) is 12.1. The van der Waals surface area contributed by atoms with Gasteiger partial charge in [0.2, 0.25) is 5.91 Å². The third-order valence-corrected chi connectivity index (χ3v) is 4.00. The predicted molar refractivity (Wildman–Crippen MR) is 96.1 cm³/mol. The number of nitrogens with zero attached hydrogens (tertiary/aromatic N) is 3. The standard InChI is InChI=1S/C17H12N4O3S/c22-16(6-3-12-1-4-14(5-2-12)21(23)24)20-17-19-15(11-25-17)13-7-9-18-10-8-13/h1-11H,(H,19,20,22). The van der Waals surface area contributed by atoms with Crippen molar-refractivity contribution < 1.29 is 9.72 Å². The summed E-state index contributed by atoms with van der Waals surface area (Å²) in [6.45, 7) is 0. The molecule has 0 saturated heterocycles. The molecule has 0 bridgehead atoms. The van der Waals surface area contributed by atoms with Crippen LogP contribution in [-0.4, -0.2) is 20.8 Å². The SMILES string of the molecule is O=C(C=Cc1ccc([N+](=O)[O-])cc1)Nc1nc(-c2ccncc2)cs1. The van der Waals surface area contributed by atoms with Gasteiger partial charge in [-0.2, -0.15) is 0 Å². The van der Waals surface area contributed by atoms with E-state index in [9.17, 15) is 14.9 Å². The smallest absolute Gasteiger partial charge is 0.269 e. The zero-order chi connectivity index (χ0) is 17.6. The van der Waals surface area contributed by atoms with Gasteiger partial charge >= 0.3 is 0 Å². The van der Waals surface area contributed by atoms with Crippen molar-refractivity contribution >= 4 is 34.1 Å². The lowest BCUT2D eigenvalue weighted by Gasteiger charge is -1.97. The molecule has 1 aromatic carbocycles. The number of anilines is 1. The molecule has 8 heteroatoms. The number of hydrogen-bond donors (Lipinski definition) is 1. The zero-order valence-electron chi connectivity index (χ0n) is 12.8. The molecule has 124 valence electrons. The molecule has 25 heavy (non-hydrogen) atoms. The fourth-order valence-corrected chi connectivity index (χ4v) is 2.74. The number of nitro benzene ring substituents is 1. The average molecular weight is 352 g/mol. The maximum atomic E-state index is 12.0. The van der Waals surface area contributed by atoms with Crippen molar-refractivity contribution in [2.75, 3.05) is 5.32 Å². The van der Waals surface area contributed by atoms with Crippen molar-refractivity contribution in [2.45, 2.75) is 0 Å². The summed E-state index contributed by atoms with van der Waals surface area (Å²) in [5.41, 5.74) is 2.39. The van der Waals surface area contributed by atoms with Crippen molar-refractivity contribution in [3.05, 3.63) is 75.9 Å². The van der Waals surface area contributed by atoms with Gasteiger partial charge in [-0.25, -0.2) is 4.98 Å². The number of aromatic nitrogens is 2. The van der Waals surface area contributed by atoms with E-state index in [2.05, 4.69) is 15.3 Å². The molecule has 3 aromatic rings. The van der Waals surface area contributed by atoms with E-state index in [0.29, 0.717) is 10.7 Å². The minimum Gasteiger partial charge on any atom is -0.298 e. The quantitative estimate of drug-likeness (QED) is 0.428. The van der Waals surface area contributed by atoms with Crippen molar-refractivity contribution in [2.24, 2.45) is 0 Å². The minimum absolute atomic E-state index is 0.00743. The summed E-state index contributed by atoms with van der Waals surface area (Å²) in [6, 6.07) is 9.61. The first kappa shape index (κ1) is 16.5. The number of pyridine rings is 1. The minimum atomic E-state index is -0.469. The number of rotatable bonds is 5. The molecule has 0 saturated carbocycles. The van der Waals surface area contributed by atoms with Crippen LogP contribution in [0.5, 0.6) is 0 Å². The monoisotopic (exact) mass is 352 g/mol. The average Bonchev–Trinajstić information content (AvgIpc) is 3.09. The molecule has 0 spiro atoms. The van der Waals surface area contributed by atoms with Crippen LogP contribution in [0.4, 0.5) is 10.8 Å². The van der Waals surface area contributed by atoms with Gasteiger partial charge in [0.15, 0.2) is 5.13 Å². The Morgan fingerprint density at radius 3 is 2.56 bits per heavy atom. The summed E-state index contributed by atoms with van der Waals surface area (Å²) in [5, 5.41) is 15.6. The van der Waals surface area contributed by atoms with Gasteiger partial charge in [0, 0.05) is 41.5 Å². The van der Waals surface area contributed by atoms with Gasteiger partial charge in [0.1, 0.15) is 0 Å². The van der Waals surface area contributed by atoms with E-state index in [4.69, 9.17) is 0 Å². The number of nitrogens with one attached hydrogen (secondary N) is 1. The molecule has 0 radical (unpaired) electrons. The molecule has 7 nitrogen and oxygen atoms in total. The van der Waals surface area contributed by atoms with Crippen LogP contribution in [0.3, 0.4) is 0 Å². The van der Waals surface area contributed by atoms with Crippen molar-refractivity contribution in [3.8, 4) is 11.3 Å². The molecular weight excluding hydrogens is 340 g/mol. The molecule has 0 aliphatic rings. The number of nitro groups is 1. The van der Waals surface area contributed by atoms with E-state index in [1.54, 1.807) is 30.6 Å². The lowest BCUT2D eigenvalue weighted by Crippen LogP contribution is -2.07. The molecule has 2 aromatic heterocycles. The molecule has 0 atom stereocenters. The van der Waals surface area contributed by atoms with Crippen LogP contribution in [-0.2, 0) is 4.79 Å². The number of hydrogen-bond acceptors (Lipinski definition) is 6. The Balaban J connectivity index is 1.63. The Hall–Kier alpha value is -3.39. The molecule has 0 aliphatic carbocycles. The second-order valence-corrected chi connectivity index (χ2v) is 5.80. The Kier molecular flexibility index (Phi) is 4.91. The maximum Gasteiger partial charge on any atom is 0.269 e. The zero-order valence-corrected chi connectivity index (χ0v) is 13.6. The van der Waals surface area contributed by atoms with Crippen LogP contribution in [0.2, 0.25) is 0 Å². The highest BCUT2D eigenvalue weighted by atomic mass is 32.1. The van der Waals surface area contributed by atoms with Crippen LogP contribution < -0.4 is 5.32 Å². The van der Waals surface area contributed by atoms with Crippen LogP contribution in [0.25, 0.3) is 17.3 Å². The van der Waals surface area contributed by atoms with Gasteiger partial charge in [-0.15, -0.1) is 11.3 Å². The second-order valence-electron chi connectivity index (χ2n) is 4.95. The third kappa shape index (κ3) is 4.33. The van der Waals surface area contributed by atoms with Gasteiger partial charge in [-0.3, -0.25) is 25.2 Å². The number of benzene rings is 1. The molecule has 1 N–H and O–H groups in total. The summed E-state index contributed by atoms with van der Waals surface area (Å²) in [6.07, 6.45) is 6.30. The van der Waals surface area contributed by atoms with Crippen LogP contribution in [0.1, 0.15) is 5.56 Å². The van der Waals surface area contributed by atoms with E-state index in [1.165, 1.54) is 29.5 Å². The van der Waals surface area contributed by atoms with E-state index < -0.39 is 4.92 Å². The first-order valence-corrected chi connectivity index (χ1v) is 8.09. The number of non-ortho nitro benzene ring substituents is 1. The van der Waals surface area contributed by atoms with Crippen molar-refractivity contribution in [1.82, 2.24) is 9.97 Å². The molecular formula is C17H12N4O3S. The first-order valence-electron chi connectivity index (χ1n) is 7.21. The Morgan fingerprint density at radius 2 is 1.88 bits per heavy atom. The van der Waals surface area contributed by atoms with Crippen molar-refractivity contribution in [3.63, 3.8) is 0 Å². The molecule has 0 aliphatic heterocycles. The van der Waals surface area contributed by atoms with Gasteiger partial charge in [0.25, 0.3) is 5.69 Å². The molecule has 0 unspecified atom stereocenters. The highest BCUT2D eigenvalue weighted by Crippen LogP contribution is 2.24. The van der Waals surface area contributed by atoms with Gasteiger partial charge in [-0.1, -0.05) is 0 Å². The van der Waals surface area contributed by atoms with Gasteiger partial charge in [-0.05, 0) is 35.9 Å². The van der Waals surface area contributed by atoms with Gasteiger partial charge in [0.05, 0.1) is 10.6 Å². The van der Waals surface area contributed by atoms with Crippen LogP contribution in [0, 0.1) is 10.1 Å². The lowest BCUT2D eigenvalue weighted by atomic mass is 10.2. The molecule has 3 rings (SSSR count). The number of amides is 1. The number of carbonyl (C=O) groups excluding carboxylic acids is 1. The van der Waals surface area contributed by atoms with E-state index in [-0.39, 0.29) is 11.6 Å². The Labute approximate surface area is 146 Å². The molecule has 2 heterocycles. The summed E-state index contributed by atoms with van der Waals surface area (Å²) < 4.78 is 0. The molecule has 0 fully saturated rings. The summed E-state index contributed by atoms with van der Waals surface area (Å²) >= 11 is 1.33. The lowest BCUT2D eigenvalue weighted by molar-refractivity contribution is -0.384. The fraction of sp³-hybridized carbons (Fsp3) is 0. The highest BCUT2D eigenvalue weighted by molar-refractivity contribution is 7.14. The summed E-state index contributed by atoms with van der Waals surface area (Å²) in [5.74, 6) is -0.325. The van der Waals surface area contributed by atoms with E-state index >= 15 is 0 Å². The predicted octanol–water partition coefficient (Wildman–Crippen LogP) is 3.77. The van der Waals surface area contributed by atoms with Crippen LogP contribution >= 0.6 is 11.3 Å². The van der Waals surface area contributed by atoms with Crippen LogP contribution in [0.15, 0.2) is 60.2 Å².